The van der Waals surface area contributed by atoms with Gasteiger partial charge in [-0.05, 0) is 31.2 Å². The molecule has 20 heavy (non-hydrogen) atoms. The lowest BCUT2D eigenvalue weighted by molar-refractivity contribution is -0.139. The summed E-state index contributed by atoms with van der Waals surface area (Å²) in [7, 11) is 1.36. The average molecular weight is 295 g/mol. The molecule has 0 aliphatic rings. The van der Waals surface area contributed by atoms with Gasteiger partial charge in [-0.2, -0.15) is 0 Å². The molecule has 0 saturated heterocycles. The third kappa shape index (κ3) is 3.60. The van der Waals surface area contributed by atoms with Crippen LogP contribution in [0, 0.1) is 5.82 Å². The number of methoxy groups -OCH3 is 1. The van der Waals surface area contributed by atoms with Crippen LogP contribution in [-0.2, 0) is 15.3 Å². The Morgan fingerprint density at radius 3 is 2.80 bits per heavy atom. The second-order valence-electron chi connectivity index (χ2n) is 4.13. The highest BCUT2D eigenvalue weighted by Gasteiger charge is 2.15. The van der Waals surface area contributed by atoms with E-state index in [0.717, 1.165) is 5.69 Å². The van der Waals surface area contributed by atoms with Crippen molar-refractivity contribution in [3.63, 3.8) is 0 Å². The smallest absolute Gasteiger partial charge is 0.318 e. The molecule has 1 unspecified atom stereocenters. The Kier molecular flexibility index (Phi) is 4.79. The highest BCUT2D eigenvalue weighted by Crippen LogP contribution is 2.23. The Morgan fingerprint density at radius 2 is 2.15 bits per heavy atom. The molecule has 0 amide bonds. The SMILES string of the molecule is COC(=O)C(C)SCc1coc(-c2ccc(F)cc2)n1. The molecule has 1 atom stereocenters. The lowest BCUT2D eigenvalue weighted by Crippen LogP contribution is -2.14. The molecule has 0 radical (unpaired) electrons. The van der Waals surface area contributed by atoms with Crippen molar-refractivity contribution in [3.05, 3.63) is 42.0 Å². The first-order valence-electron chi connectivity index (χ1n) is 6.00. The maximum absolute atomic E-state index is 12.8. The molecule has 1 aromatic carbocycles. The highest BCUT2D eigenvalue weighted by molar-refractivity contribution is 7.99. The number of aromatic nitrogens is 1. The van der Waals surface area contributed by atoms with Crippen molar-refractivity contribution < 1.29 is 18.3 Å². The van der Waals surface area contributed by atoms with E-state index in [1.165, 1.54) is 37.3 Å². The summed E-state index contributed by atoms with van der Waals surface area (Å²) in [5.41, 5.74) is 1.44. The number of halogens is 1. The van der Waals surface area contributed by atoms with E-state index in [1.807, 2.05) is 0 Å². The molecule has 2 rings (SSSR count). The zero-order chi connectivity index (χ0) is 14.5. The molecule has 2 aromatic rings. The van der Waals surface area contributed by atoms with Crippen LogP contribution in [0.1, 0.15) is 12.6 Å². The van der Waals surface area contributed by atoms with Crippen molar-refractivity contribution in [2.24, 2.45) is 0 Å². The van der Waals surface area contributed by atoms with E-state index in [1.54, 1.807) is 19.1 Å². The Balaban J connectivity index is 1.99. The van der Waals surface area contributed by atoms with Crippen LogP contribution in [0.5, 0.6) is 0 Å². The van der Waals surface area contributed by atoms with Crippen LogP contribution in [0.4, 0.5) is 4.39 Å². The second-order valence-corrected chi connectivity index (χ2v) is 5.46. The monoisotopic (exact) mass is 295 g/mol. The minimum Gasteiger partial charge on any atom is -0.468 e. The number of oxazole rings is 1. The summed E-state index contributed by atoms with van der Waals surface area (Å²) in [6, 6.07) is 5.92. The van der Waals surface area contributed by atoms with Crippen molar-refractivity contribution in [2.45, 2.75) is 17.9 Å². The fourth-order valence-electron chi connectivity index (χ4n) is 1.54. The van der Waals surface area contributed by atoms with Gasteiger partial charge >= 0.3 is 5.97 Å². The molecule has 1 aromatic heterocycles. The summed E-state index contributed by atoms with van der Waals surface area (Å²) >= 11 is 1.42. The van der Waals surface area contributed by atoms with Gasteiger partial charge in [0.05, 0.1) is 18.1 Å². The van der Waals surface area contributed by atoms with Crippen LogP contribution in [0.15, 0.2) is 34.9 Å². The molecular weight excluding hydrogens is 281 g/mol. The van der Waals surface area contributed by atoms with Crippen LogP contribution in [0.2, 0.25) is 0 Å². The highest BCUT2D eigenvalue weighted by atomic mass is 32.2. The van der Waals surface area contributed by atoms with Gasteiger partial charge < -0.3 is 9.15 Å². The summed E-state index contributed by atoms with van der Waals surface area (Å²) in [6.07, 6.45) is 1.54. The van der Waals surface area contributed by atoms with Crippen molar-refractivity contribution >= 4 is 17.7 Å². The predicted molar refractivity (Wildman–Crippen MR) is 74.7 cm³/mol. The fraction of sp³-hybridized carbons (Fsp3) is 0.286. The van der Waals surface area contributed by atoms with Crippen molar-refractivity contribution in [3.8, 4) is 11.5 Å². The molecule has 0 fully saturated rings. The van der Waals surface area contributed by atoms with Crippen LogP contribution >= 0.6 is 11.8 Å². The minimum absolute atomic E-state index is 0.258. The topological polar surface area (TPSA) is 52.3 Å². The average Bonchev–Trinajstić information content (AvgIpc) is 2.93. The van der Waals surface area contributed by atoms with Gasteiger partial charge in [0.15, 0.2) is 0 Å². The Hall–Kier alpha value is -1.82. The molecule has 0 saturated carbocycles. The number of benzene rings is 1. The number of carbonyl (C=O) groups is 1. The first-order chi connectivity index (χ1) is 9.60. The summed E-state index contributed by atoms with van der Waals surface area (Å²) in [5.74, 6) is 0.410. The molecular formula is C14H14FNO3S. The van der Waals surface area contributed by atoms with E-state index < -0.39 is 0 Å². The molecule has 6 heteroatoms. The van der Waals surface area contributed by atoms with E-state index in [2.05, 4.69) is 9.72 Å². The number of esters is 1. The van der Waals surface area contributed by atoms with Gasteiger partial charge in [0.1, 0.15) is 12.1 Å². The normalized spacial score (nSPS) is 12.2. The number of hydrogen-bond donors (Lipinski definition) is 0. The Bertz CT molecular complexity index is 582. The van der Waals surface area contributed by atoms with Gasteiger partial charge in [0.25, 0.3) is 0 Å². The lowest BCUT2D eigenvalue weighted by atomic mass is 10.2. The van der Waals surface area contributed by atoms with Crippen LogP contribution in [0.3, 0.4) is 0 Å². The van der Waals surface area contributed by atoms with Gasteiger partial charge in [-0.1, -0.05) is 0 Å². The van der Waals surface area contributed by atoms with Crippen LogP contribution < -0.4 is 0 Å². The van der Waals surface area contributed by atoms with E-state index >= 15 is 0 Å². The van der Waals surface area contributed by atoms with E-state index in [4.69, 9.17) is 4.42 Å². The third-order valence-electron chi connectivity index (χ3n) is 2.66. The Labute approximate surface area is 120 Å². The van der Waals surface area contributed by atoms with Gasteiger partial charge in [0, 0.05) is 11.3 Å². The number of ether oxygens (including phenoxy) is 1. The van der Waals surface area contributed by atoms with Gasteiger partial charge in [-0.15, -0.1) is 11.8 Å². The van der Waals surface area contributed by atoms with Crippen molar-refractivity contribution in [1.82, 2.24) is 4.98 Å². The quantitative estimate of drug-likeness (QED) is 0.792. The summed E-state index contributed by atoms with van der Waals surface area (Å²) in [5, 5.41) is -0.258. The maximum atomic E-state index is 12.8. The van der Waals surface area contributed by atoms with Crippen LogP contribution in [0.25, 0.3) is 11.5 Å². The number of rotatable bonds is 5. The van der Waals surface area contributed by atoms with Gasteiger partial charge in [-0.3, -0.25) is 4.79 Å². The minimum atomic E-state index is -0.303. The van der Waals surface area contributed by atoms with Gasteiger partial charge in [0.2, 0.25) is 5.89 Å². The first kappa shape index (κ1) is 14.6. The van der Waals surface area contributed by atoms with E-state index in [9.17, 15) is 9.18 Å². The van der Waals surface area contributed by atoms with E-state index in [0.29, 0.717) is 17.2 Å². The third-order valence-corrected chi connectivity index (χ3v) is 3.81. The lowest BCUT2D eigenvalue weighted by Gasteiger charge is -2.06. The first-order valence-corrected chi connectivity index (χ1v) is 7.05. The zero-order valence-electron chi connectivity index (χ0n) is 11.1. The summed E-state index contributed by atoms with van der Waals surface area (Å²) < 4.78 is 22.8. The molecule has 0 aliphatic carbocycles. The van der Waals surface area contributed by atoms with E-state index in [-0.39, 0.29) is 17.0 Å². The van der Waals surface area contributed by atoms with Gasteiger partial charge in [-0.25, -0.2) is 9.37 Å². The van der Waals surface area contributed by atoms with Crippen LogP contribution in [-0.4, -0.2) is 23.3 Å². The molecule has 0 bridgehead atoms. The van der Waals surface area contributed by atoms with Crippen molar-refractivity contribution in [1.29, 1.82) is 0 Å². The fourth-order valence-corrected chi connectivity index (χ4v) is 2.33. The molecule has 0 N–H and O–H groups in total. The predicted octanol–water partition coefficient (Wildman–Crippen LogP) is 3.28. The Morgan fingerprint density at radius 1 is 1.45 bits per heavy atom. The number of nitrogens with zero attached hydrogens (tertiary/aromatic N) is 1. The molecule has 0 spiro atoms. The standard InChI is InChI=1S/C14H14FNO3S/c1-9(14(17)18-2)20-8-12-7-19-13(16-12)10-3-5-11(15)6-4-10/h3-7,9H,8H2,1-2H3. The number of hydrogen-bond acceptors (Lipinski definition) is 5. The van der Waals surface area contributed by atoms with Crippen molar-refractivity contribution in [2.75, 3.05) is 7.11 Å². The molecule has 0 aliphatic heterocycles. The molecule has 1 heterocycles. The molecule has 106 valence electrons. The number of carbonyl (C=O) groups excluding carboxylic acids is 1. The summed E-state index contributed by atoms with van der Waals surface area (Å²) in [6.45, 7) is 1.78. The second kappa shape index (κ2) is 6.56. The largest absolute Gasteiger partial charge is 0.468 e. The number of thioether (sulfide) groups is 1. The summed E-state index contributed by atoms with van der Waals surface area (Å²) in [4.78, 5) is 15.6. The maximum Gasteiger partial charge on any atom is 0.318 e. The zero-order valence-corrected chi connectivity index (χ0v) is 11.9. The molecule has 4 nitrogen and oxygen atoms in total.